The van der Waals surface area contributed by atoms with Crippen LogP contribution in [0, 0.1) is 0 Å². The van der Waals surface area contributed by atoms with Gasteiger partial charge in [-0.15, -0.1) is 0 Å². The second-order valence-corrected chi connectivity index (χ2v) is 11.1. The summed E-state index contributed by atoms with van der Waals surface area (Å²) >= 11 is 0. The van der Waals surface area contributed by atoms with Gasteiger partial charge in [-0.05, 0) is 40.3 Å². The van der Waals surface area contributed by atoms with Gasteiger partial charge in [0.15, 0.2) is 0 Å². The van der Waals surface area contributed by atoms with Crippen LogP contribution in [0.4, 0.5) is 15.4 Å². The monoisotopic (exact) mass is 624 g/mol. The van der Waals surface area contributed by atoms with Crippen molar-refractivity contribution in [2.24, 2.45) is 0 Å². The molecule has 0 spiro atoms. The molecular formula is C34H32N4O8. The van der Waals surface area contributed by atoms with Crippen molar-refractivity contribution in [1.29, 1.82) is 0 Å². The number of rotatable bonds is 10. The van der Waals surface area contributed by atoms with Gasteiger partial charge in [0.05, 0.1) is 18.7 Å². The number of aliphatic carboxylic acids is 1. The van der Waals surface area contributed by atoms with Crippen molar-refractivity contribution >= 4 is 24.0 Å². The maximum atomic E-state index is 13.5. The number of nitrogens with one attached hydrogen (secondary N) is 1. The molecule has 1 aliphatic carbocycles. The van der Waals surface area contributed by atoms with Crippen molar-refractivity contribution in [2.45, 2.75) is 31.0 Å². The van der Waals surface area contributed by atoms with E-state index in [0.29, 0.717) is 6.42 Å². The maximum Gasteiger partial charge on any atom is 0.413 e. The van der Waals surface area contributed by atoms with Crippen LogP contribution in [-0.4, -0.2) is 70.1 Å². The number of amides is 2. The van der Waals surface area contributed by atoms with E-state index < -0.39 is 42.5 Å². The molecule has 2 aliphatic rings. The van der Waals surface area contributed by atoms with Gasteiger partial charge in [-0.3, -0.25) is 9.88 Å². The van der Waals surface area contributed by atoms with E-state index >= 15 is 0 Å². The van der Waals surface area contributed by atoms with E-state index in [4.69, 9.17) is 19.3 Å². The first-order valence-corrected chi connectivity index (χ1v) is 14.9. The van der Waals surface area contributed by atoms with Gasteiger partial charge in [0.1, 0.15) is 25.6 Å². The summed E-state index contributed by atoms with van der Waals surface area (Å²) in [5, 5.41) is 11.5. The molecular weight excluding hydrogens is 592 g/mol. The molecule has 2 N–H and O–H groups in total. The SMILES string of the molecule is O=C(O)COC[C@H]1C[C@@H](n2ccc(NC(=O)OCc3ccccc3)nc2=O)CN1C(=O)OCC1c2ccccc2-c2ccccc21. The molecule has 2 amide bonds. The van der Waals surface area contributed by atoms with E-state index in [2.05, 4.69) is 22.4 Å². The molecule has 3 aromatic carbocycles. The Morgan fingerprint density at radius 1 is 0.870 bits per heavy atom. The highest BCUT2D eigenvalue weighted by atomic mass is 16.6. The van der Waals surface area contributed by atoms with Gasteiger partial charge in [0.2, 0.25) is 0 Å². The molecule has 0 unspecified atom stereocenters. The minimum Gasteiger partial charge on any atom is -0.480 e. The van der Waals surface area contributed by atoms with Gasteiger partial charge in [-0.1, -0.05) is 78.9 Å². The van der Waals surface area contributed by atoms with Gasteiger partial charge in [-0.25, -0.2) is 19.2 Å². The van der Waals surface area contributed by atoms with Crippen molar-refractivity contribution in [2.75, 3.05) is 31.7 Å². The molecule has 6 rings (SSSR count). The highest BCUT2D eigenvalue weighted by Gasteiger charge is 2.39. The Bertz CT molecular complexity index is 1750. The summed E-state index contributed by atoms with van der Waals surface area (Å²) in [4.78, 5) is 55.3. The summed E-state index contributed by atoms with van der Waals surface area (Å²) in [6, 6.07) is 25.6. The van der Waals surface area contributed by atoms with Crippen molar-refractivity contribution in [1.82, 2.24) is 14.5 Å². The Balaban J connectivity index is 1.12. The third kappa shape index (κ3) is 6.76. The average Bonchev–Trinajstić information content (AvgIpc) is 3.62. The van der Waals surface area contributed by atoms with Crippen LogP contribution >= 0.6 is 0 Å². The maximum absolute atomic E-state index is 13.5. The highest BCUT2D eigenvalue weighted by molar-refractivity contribution is 5.83. The largest absolute Gasteiger partial charge is 0.480 e. The number of benzene rings is 3. The molecule has 12 heteroatoms. The molecule has 12 nitrogen and oxygen atoms in total. The van der Waals surface area contributed by atoms with Crippen LogP contribution in [0.15, 0.2) is 95.9 Å². The van der Waals surface area contributed by atoms with Crippen LogP contribution in [0.2, 0.25) is 0 Å². The van der Waals surface area contributed by atoms with Crippen LogP contribution in [0.25, 0.3) is 11.1 Å². The van der Waals surface area contributed by atoms with Gasteiger partial charge in [0.25, 0.3) is 0 Å². The van der Waals surface area contributed by atoms with E-state index in [1.54, 1.807) is 0 Å². The predicted octanol–water partition coefficient (Wildman–Crippen LogP) is 4.66. The number of likely N-dealkylation sites (tertiary alicyclic amines) is 1. The Hall–Kier alpha value is -5.49. The Morgan fingerprint density at radius 2 is 1.54 bits per heavy atom. The number of carbonyl (C=O) groups excluding carboxylic acids is 2. The number of carboxylic acids is 1. The first kappa shape index (κ1) is 30.5. The number of aromatic nitrogens is 2. The lowest BCUT2D eigenvalue weighted by molar-refractivity contribution is -0.142. The summed E-state index contributed by atoms with van der Waals surface area (Å²) in [7, 11) is 0. The lowest BCUT2D eigenvalue weighted by atomic mass is 9.98. The number of carboxylic acid groups (broad SMARTS) is 1. The molecule has 1 aliphatic heterocycles. The zero-order valence-electron chi connectivity index (χ0n) is 24.8. The summed E-state index contributed by atoms with van der Waals surface area (Å²) in [5.74, 6) is -1.25. The van der Waals surface area contributed by atoms with Crippen molar-refractivity contribution in [3.05, 3.63) is 118 Å². The number of anilines is 1. The van der Waals surface area contributed by atoms with Crippen LogP contribution < -0.4 is 11.0 Å². The van der Waals surface area contributed by atoms with Crippen molar-refractivity contribution < 1.29 is 33.7 Å². The van der Waals surface area contributed by atoms with Crippen molar-refractivity contribution in [3.63, 3.8) is 0 Å². The van der Waals surface area contributed by atoms with Gasteiger partial charge in [0, 0.05) is 18.7 Å². The zero-order chi connectivity index (χ0) is 32.0. The smallest absolute Gasteiger partial charge is 0.413 e. The van der Waals surface area contributed by atoms with Gasteiger partial charge in [-0.2, -0.15) is 4.98 Å². The van der Waals surface area contributed by atoms with Gasteiger partial charge >= 0.3 is 23.8 Å². The van der Waals surface area contributed by atoms with E-state index in [-0.39, 0.29) is 38.1 Å². The van der Waals surface area contributed by atoms with E-state index in [0.717, 1.165) is 27.8 Å². The second-order valence-electron chi connectivity index (χ2n) is 11.1. The second kappa shape index (κ2) is 13.7. The zero-order valence-corrected chi connectivity index (χ0v) is 24.8. The number of carbonyl (C=O) groups is 3. The Labute approximate surface area is 264 Å². The fourth-order valence-corrected chi connectivity index (χ4v) is 6.06. The number of nitrogens with zero attached hydrogens (tertiary/aromatic N) is 3. The van der Waals surface area contributed by atoms with Crippen LogP contribution in [0.3, 0.4) is 0 Å². The minimum atomic E-state index is -1.13. The predicted molar refractivity (Wildman–Crippen MR) is 166 cm³/mol. The molecule has 0 bridgehead atoms. The summed E-state index contributed by atoms with van der Waals surface area (Å²) in [6.07, 6.45) is 0.445. The standard InChI is InChI=1S/C34H32N4O8/c39-31(40)21-44-19-24-16-23(37-15-14-30(35-32(37)41)36-33(42)45-18-22-8-2-1-3-9-22)17-38(24)34(43)46-20-29-27-12-6-4-10-25(27)26-11-5-7-13-28(26)29/h1-15,23-24,29H,16-21H2,(H,39,40)(H,35,36,41,42)/t23-,24-/m1/s1. The van der Waals surface area contributed by atoms with E-state index in [1.165, 1.54) is 21.7 Å². The molecule has 46 heavy (non-hydrogen) atoms. The quantitative estimate of drug-likeness (QED) is 0.257. The van der Waals surface area contributed by atoms with Crippen LogP contribution in [-0.2, 0) is 25.6 Å². The molecule has 1 fully saturated rings. The number of hydrogen-bond donors (Lipinski definition) is 2. The topological polar surface area (TPSA) is 149 Å². The molecule has 0 saturated carbocycles. The van der Waals surface area contributed by atoms with Crippen LogP contribution in [0.5, 0.6) is 0 Å². The molecule has 1 aromatic heterocycles. The first-order valence-electron chi connectivity index (χ1n) is 14.9. The summed E-state index contributed by atoms with van der Waals surface area (Å²) in [6.45, 7) is -0.295. The normalized spacial score (nSPS) is 16.8. The lowest BCUT2D eigenvalue weighted by Crippen LogP contribution is -2.40. The molecule has 1 saturated heterocycles. The number of ether oxygens (including phenoxy) is 3. The van der Waals surface area contributed by atoms with Gasteiger partial charge < -0.3 is 24.2 Å². The molecule has 4 aromatic rings. The summed E-state index contributed by atoms with van der Waals surface area (Å²) in [5.41, 5.74) is 4.54. The third-order valence-corrected chi connectivity index (χ3v) is 8.16. The fraction of sp³-hybridized carbons (Fsp3) is 0.265. The fourth-order valence-electron chi connectivity index (χ4n) is 6.06. The van der Waals surface area contributed by atoms with E-state index in [9.17, 15) is 19.2 Å². The highest BCUT2D eigenvalue weighted by Crippen LogP contribution is 2.44. The minimum absolute atomic E-state index is 0.0204. The summed E-state index contributed by atoms with van der Waals surface area (Å²) < 4.78 is 17.8. The average molecular weight is 625 g/mol. The Morgan fingerprint density at radius 3 is 2.22 bits per heavy atom. The number of hydrogen-bond acceptors (Lipinski definition) is 8. The molecule has 2 heterocycles. The first-order chi connectivity index (χ1) is 22.4. The number of fused-ring (bicyclic) bond motifs is 3. The molecule has 2 atom stereocenters. The van der Waals surface area contributed by atoms with E-state index in [1.807, 2.05) is 66.7 Å². The third-order valence-electron chi connectivity index (χ3n) is 8.16. The van der Waals surface area contributed by atoms with Crippen LogP contribution in [0.1, 0.15) is 35.1 Å². The molecule has 0 radical (unpaired) electrons. The lowest BCUT2D eigenvalue weighted by Gasteiger charge is -2.24. The van der Waals surface area contributed by atoms with Crippen molar-refractivity contribution in [3.8, 4) is 11.1 Å². The molecule has 236 valence electrons. The Kier molecular flexibility index (Phi) is 9.06.